The molecule has 0 spiro atoms. The number of alkyl halides is 3. The van der Waals surface area contributed by atoms with Crippen molar-refractivity contribution < 1.29 is 27.6 Å². The Hall–Kier alpha value is -1.53. The lowest BCUT2D eigenvalue weighted by Crippen LogP contribution is -2.37. The van der Waals surface area contributed by atoms with Gasteiger partial charge < -0.3 is 9.90 Å². The quantitative estimate of drug-likeness (QED) is 0.523. The fraction of sp³-hybridized carbons (Fsp3) is 0.429. The van der Waals surface area contributed by atoms with Crippen LogP contribution in [-0.2, 0) is 18.9 Å². The van der Waals surface area contributed by atoms with Crippen LogP contribution in [0, 0.1) is 0 Å². The van der Waals surface area contributed by atoms with Crippen LogP contribution in [0.25, 0.3) is 0 Å². The summed E-state index contributed by atoms with van der Waals surface area (Å²) in [6.07, 6.45) is 0.806. The smallest absolute Gasteiger partial charge is 0.430 e. The molecule has 80 valence electrons. The van der Waals surface area contributed by atoms with Crippen molar-refractivity contribution in [2.45, 2.75) is 6.18 Å². The summed E-state index contributed by atoms with van der Waals surface area (Å²) >= 11 is 0. The van der Waals surface area contributed by atoms with Gasteiger partial charge in [-0.3, -0.25) is 0 Å². The van der Waals surface area contributed by atoms with Crippen LogP contribution in [0.1, 0.15) is 0 Å². The number of aromatic nitrogens is 2. The van der Waals surface area contributed by atoms with E-state index >= 15 is 0 Å². The molecule has 0 N–H and O–H groups in total. The zero-order valence-electron chi connectivity index (χ0n) is 7.58. The first kappa shape index (κ1) is 12.5. The molecular formula is C7H9F3N2O2. The molecule has 0 bridgehead atoms. The van der Waals surface area contributed by atoms with Gasteiger partial charge in [0.15, 0.2) is 0 Å². The molecular weight excluding hydrogens is 201 g/mol. The highest BCUT2D eigenvalue weighted by Gasteiger charge is 2.28. The van der Waals surface area contributed by atoms with Gasteiger partial charge in [-0.25, -0.2) is 9.13 Å². The predicted molar refractivity (Wildman–Crippen MR) is 37.7 cm³/mol. The number of hydrogen-bond acceptors (Lipinski definition) is 2. The SMILES string of the molecule is Cn1cc[n+](C)c1.O=C([O-])C(F)(F)F. The summed E-state index contributed by atoms with van der Waals surface area (Å²) in [6, 6.07) is 0. The highest BCUT2D eigenvalue weighted by Crippen LogP contribution is 2.11. The van der Waals surface area contributed by atoms with Crippen LogP contribution in [0.5, 0.6) is 0 Å². The Balaban J connectivity index is 0.000000241. The second kappa shape index (κ2) is 4.64. The maximum absolute atomic E-state index is 10.5. The molecule has 0 atom stereocenters. The minimum atomic E-state index is -5.19. The van der Waals surface area contributed by atoms with Gasteiger partial charge in [0.2, 0.25) is 6.33 Å². The molecule has 0 amide bonds. The van der Waals surface area contributed by atoms with Gasteiger partial charge in [0, 0.05) is 0 Å². The van der Waals surface area contributed by atoms with Crippen molar-refractivity contribution in [2.24, 2.45) is 14.1 Å². The lowest BCUT2D eigenvalue weighted by Gasteiger charge is -2.03. The number of carbonyl (C=O) groups is 1. The van der Waals surface area contributed by atoms with E-state index in [2.05, 4.69) is 0 Å². The first-order valence-corrected chi connectivity index (χ1v) is 3.49. The van der Waals surface area contributed by atoms with E-state index < -0.39 is 12.1 Å². The first-order chi connectivity index (χ1) is 6.23. The van der Waals surface area contributed by atoms with E-state index in [4.69, 9.17) is 9.90 Å². The number of aliphatic carboxylic acids is 1. The van der Waals surface area contributed by atoms with E-state index in [1.165, 1.54) is 0 Å². The summed E-state index contributed by atoms with van der Waals surface area (Å²) in [5.74, 6) is -3.01. The summed E-state index contributed by atoms with van der Waals surface area (Å²) < 4.78 is 35.5. The average molecular weight is 210 g/mol. The van der Waals surface area contributed by atoms with Gasteiger partial charge in [0.25, 0.3) is 0 Å². The third-order valence-corrected chi connectivity index (χ3v) is 1.13. The predicted octanol–water partition coefficient (Wildman–Crippen LogP) is -0.852. The molecule has 0 aliphatic carbocycles. The highest BCUT2D eigenvalue weighted by atomic mass is 19.4. The molecule has 1 heterocycles. The van der Waals surface area contributed by atoms with E-state index in [-0.39, 0.29) is 0 Å². The van der Waals surface area contributed by atoms with Crippen LogP contribution in [-0.4, -0.2) is 16.7 Å². The maximum atomic E-state index is 10.5. The molecule has 0 radical (unpaired) electrons. The molecule has 1 aromatic heterocycles. The van der Waals surface area contributed by atoms with Gasteiger partial charge in [0.05, 0.1) is 14.1 Å². The van der Waals surface area contributed by atoms with Crippen LogP contribution in [0.15, 0.2) is 18.7 Å². The fourth-order valence-electron chi connectivity index (χ4n) is 0.575. The van der Waals surface area contributed by atoms with Crippen LogP contribution >= 0.6 is 0 Å². The number of carboxylic acids is 1. The largest absolute Gasteiger partial charge is 0.542 e. The van der Waals surface area contributed by atoms with Crippen molar-refractivity contribution in [3.05, 3.63) is 18.7 Å². The van der Waals surface area contributed by atoms with Crippen molar-refractivity contribution in [3.63, 3.8) is 0 Å². The van der Waals surface area contributed by atoms with Gasteiger partial charge >= 0.3 is 6.18 Å². The molecule has 0 saturated carbocycles. The van der Waals surface area contributed by atoms with Gasteiger partial charge in [0.1, 0.15) is 18.4 Å². The van der Waals surface area contributed by atoms with Gasteiger partial charge in [-0.1, -0.05) is 0 Å². The number of halogens is 3. The van der Waals surface area contributed by atoms with E-state index in [1.54, 1.807) is 0 Å². The Kier molecular flexibility index (Phi) is 4.13. The number of rotatable bonds is 0. The zero-order chi connectivity index (χ0) is 11.4. The standard InChI is InChI=1S/C5H9N2.C2HF3O2/c1-6-3-4-7(2)5-6;3-2(4,5)1(6)7/h3-5H,1-2H3;(H,6,7)/q+1;/p-1. The van der Waals surface area contributed by atoms with Gasteiger partial charge in [-0.15, -0.1) is 0 Å². The highest BCUT2D eigenvalue weighted by molar-refractivity contribution is 5.70. The molecule has 0 unspecified atom stereocenters. The Morgan fingerprint density at radius 1 is 1.50 bits per heavy atom. The number of hydrogen-bond donors (Lipinski definition) is 0. The normalized spacial score (nSPS) is 10.4. The number of nitrogens with zero attached hydrogens (tertiary/aromatic N) is 2. The van der Waals surface area contributed by atoms with Crippen LogP contribution < -0.4 is 9.67 Å². The molecule has 1 aromatic rings. The summed E-state index contributed by atoms with van der Waals surface area (Å²) in [4.78, 5) is 8.78. The van der Waals surface area contributed by atoms with Crippen LogP contribution in [0.2, 0.25) is 0 Å². The molecule has 0 aliphatic heterocycles. The monoisotopic (exact) mass is 210 g/mol. The number of carboxylic acid groups (broad SMARTS) is 1. The third kappa shape index (κ3) is 5.18. The van der Waals surface area contributed by atoms with Crippen LogP contribution in [0.4, 0.5) is 13.2 Å². The minimum absolute atomic E-state index is 2.00. The van der Waals surface area contributed by atoms with Crippen molar-refractivity contribution in [2.75, 3.05) is 0 Å². The number of imidazole rings is 1. The molecule has 0 fully saturated rings. The topological polar surface area (TPSA) is 48.9 Å². The lowest BCUT2D eigenvalue weighted by atomic mass is 10.7. The molecule has 7 heteroatoms. The number of carbonyl (C=O) groups excluding carboxylic acids is 1. The van der Waals surface area contributed by atoms with Gasteiger partial charge in [-0.2, -0.15) is 13.2 Å². The van der Waals surface area contributed by atoms with Crippen molar-refractivity contribution >= 4 is 5.97 Å². The van der Waals surface area contributed by atoms with Crippen LogP contribution in [0.3, 0.4) is 0 Å². The Bertz CT molecular complexity index is 290. The average Bonchev–Trinajstić information content (AvgIpc) is 2.33. The Morgan fingerprint density at radius 2 is 1.93 bits per heavy atom. The van der Waals surface area contributed by atoms with E-state index in [1.807, 2.05) is 42.0 Å². The molecule has 0 saturated heterocycles. The minimum Gasteiger partial charge on any atom is -0.542 e. The Labute approximate surface area is 78.2 Å². The maximum Gasteiger partial charge on any atom is 0.430 e. The second-order valence-electron chi connectivity index (χ2n) is 2.53. The lowest BCUT2D eigenvalue weighted by molar-refractivity contribution is -0.670. The first-order valence-electron chi connectivity index (χ1n) is 3.49. The van der Waals surface area contributed by atoms with Gasteiger partial charge in [-0.05, 0) is 0 Å². The third-order valence-electron chi connectivity index (χ3n) is 1.13. The number of aryl methyl sites for hydroxylation is 2. The van der Waals surface area contributed by atoms with E-state index in [0.29, 0.717) is 0 Å². The summed E-state index contributed by atoms with van der Waals surface area (Å²) in [5.41, 5.74) is 0. The van der Waals surface area contributed by atoms with E-state index in [0.717, 1.165) is 0 Å². The molecule has 14 heavy (non-hydrogen) atoms. The van der Waals surface area contributed by atoms with E-state index in [9.17, 15) is 13.2 Å². The zero-order valence-corrected chi connectivity index (χ0v) is 7.58. The molecule has 1 rings (SSSR count). The molecule has 4 nitrogen and oxygen atoms in total. The fourth-order valence-corrected chi connectivity index (χ4v) is 0.575. The summed E-state index contributed by atoms with van der Waals surface area (Å²) in [6.45, 7) is 0. The molecule has 0 aromatic carbocycles. The van der Waals surface area contributed by atoms with Crippen molar-refractivity contribution in [1.82, 2.24) is 4.57 Å². The Morgan fingerprint density at radius 3 is 2.00 bits per heavy atom. The summed E-state index contributed by atoms with van der Waals surface area (Å²) in [7, 11) is 4.00. The summed E-state index contributed by atoms with van der Waals surface area (Å²) in [5, 5.41) is 8.78. The van der Waals surface area contributed by atoms with Crippen molar-refractivity contribution in [1.29, 1.82) is 0 Å². The second-order valence-corrected chi connectivity index (χ2v) is 2.53. The molecule has 0 aliphatic rings. The van der Waals surface area contributed by atoms with Crippen molar-refractivity contribution in [3.8, 4) is 0 Å².